The first-order chi connectivity index (χ1) is 7.58. The number of amides is 1. The quantitative estimate of drug-likeness (QED) is 0.675. The Labute approximate surface area is 95.6 Å². The van der Waals surface area contributed by atoms with Gasteiger partial charge < -0.3 is 9.80 Å². The largest absolute Gasteiger partial charge is 0.343 e. The van der Waals surface area contributed by atoms with Crippen LogP contribution in [0.15, 0.2) is 6.07 Å². The molecule has 1 aliphatic rings. The summed E-state index contributed by atoms with van der Waals surface area (Å²) < 4.78 is 1.96. The number of carbonyl (C=O) groups is 1. The van der Waals surface area contributed by atoms with Gasteiger partial charge in [-0.2, -0.15) is 5.10 Å². The second-order valence-electron chi connectivity index (χ2n) is 4.50. The van der Waals surface area contributed by atoms with E-state index >= 15 is 0 Å². The third kappa shape index (κ3) is 2.09. The lowest BCUT2D eigenvalue weighted by Crippen LogP contribution is -2.24. The predicted octanol–water partition coefficient (Wildman–Crippen LogP) is 0.0728. The summed E-state index contributed by atoms with van der Waals surface area (Å²) in [6.45, 7) is 2.89. The van der Waals surface area contributed by atoms with Gasteiger partial charge in [0, 0.05) is 39.3 Å². The van der Waals surface area contributed by atoms with Crippen molar-refractivity contribution < 1.29 is 4.79 Å². The van der Waals surface area contributed by atoms with E-state index in [1.165, 1.54) is 0 Å². The van der Waals surface area contributed by atoms with Crippen molar-refractivity contribution in [2.24, 2.45) is 0 Å². The zero-order valence-electron chi connectivity index (χ0n) is 10.1. The molecular weight excluding hydrogens is 204 g/mol. The van der Waals surface area contributed by atoms with Crippen LogP contribution in [0.2, 0.25) is 0 Å². The van der Waals surface area contributed by atoms with Gasteiger partial charge in [0.05, 0.1) is 6.54 Å². The van der Waals surface area contributed by atoms with Crippen LogP contribution in [-0.4, -0.2) is 59.7 Å². The average Bonchev–Trinajstić information content (AvgIpc) is 2.58. The van der Waals surface area contributed by atoms with Gasteiger partial charge in [0.15, 0.2) is 5.69 Å². The standard InChI is InChI=1S/C11H18N4O/c1-13(2)11(16)10-8-9-4-5-14(3)6-7-15(9)12-10/h8H,4-7H2,1-3H3. The molecule has 5 nitrogen and oxygen atoms in total. The Kier molecular flexibility index (Phi) is 2.96. The van der Waals surface area contributed by atoms with E-state index in [0.29, 0.717) is 5.69 Å². The minimum atomic E-state index is -0.0195. The summed E-state index contributed by atoms with van der Waals surface area (Å²) in [6, 6.07) is 1.92. The molecule has 0 N–H and O–H groups in total. The normalized spacial score (nSPS) is 16.7. The molecule has 0 bridgehead atoms. The summed E-state index contributed by atoms with van der Waals surface area (Å²) in [7, 11) is 5.61. The lowest BCUT2D eigenvalue weighted by molar-refractivity contribution is 0.0821. The fourth-order valence-electron chi connectivity index (χ4n) is 1.87. The van der Waals surface area contributed by atoms with E-state index in [1.54, 1.807) is 19.0 Å². The summed E-state index contributed by atoms with van der Waals surface area (Å²) in [5.41, 5.74) is 1.72. The number of likely N-dealkylation sites (N-methyl/N-ethyl adjacent to an activating group) is 1. The molecule has 0 fully saturated rings. The van der Waals surface area contributed by atoms with Crippen molar-refractivity contribution in [1.29, 1.82) is 0 Å². The number of hydrogen-bond acceptors (Lipinski definition) is 3. The van der Waals surface area contributed by atoms with E-state index in [2.05, 4.69) is 17.0 Å². The van der Waals surface area contributed by atoms with Gasteiger partial charge in [-0.05, 0) is 13.1 Å². The van der Waals surface area contributed by atoms with Crippen molar-refractivity contribution >= 4 is 5.91 Å². The van der Waals surface area contributed by atoms with Crippen molar-refractivity contribution in [3.63, 3.8) is 0 Å². The van der Waals surface area contributed by atoms with Gasteiger partial charge in [-0.1, -0.05) is 0 Å². The van der Waals surface area contributed by atoms with Crippen molar-refractivity contribution in [2.75, 3.05) is 34.2 Å². The first-order valence-electron chi connectivity index (χ1n) is 5.55. The molecule has 0 atom stereocenters. The summed E-state index contributed by atoms with van der Waals surface area (Å²) in [5.74, 6) is -0.0195. The van der Waals surface area contributed by atoms with E-state index in [-0.39, 0.29) is 5.91 Å². The average molecular weight is 222 g/mol. The van der Waals surface area contributed by atoms with Crippen LogP contribution in [0.25, 0.3) is 0 Å². The smallest absolute Gasteiger partial charge is 0.273 e. The molecule has 0 spiro atoms. The van der Waals surface area contributed by atoms with Crippen molar-refractivity contribution in [2.45, 2.75) is 13.0 Å². The maximum Gasteiger partial charge on any atom is 0.273 e. The van der Waals surface area contributed by atoms with Crippen molar-refractivity contribution in [1.82, 2.24) is 19.6 Å². The topological polar surface area (TPSA) is 41.4 Å². The van der Waals surface area contributed by atoms with Crippen LogP contribution < -0.4 is 0 Å². The molecule has 0 aliphatic carbocycles. The molecule has 5 heteroatoms. The number of rotatable bonds is 1. The SMILES string of the molecule is CN1CCc2cc(C(=O)N(C)C)nn2CC1. The minimum Gasteiger partial charge on any atom is -0.343 e. The molecule has 16 heavy (non-hydrogen) atoms. The second-order valence-corrected chi connectivity index (χ2v) is 4.50. The highest BCUT2D eigenvalue weighted by Gasteiger charge is 2.18. The molecule has 1 aromatic rings. The van der Waals surface area contributed by atoms with E-state index in [9.17, 15) is 4.79 Å². The van der Waals surface area contributed by atoms with Crippen LogP contribution >= 0.6 is 0 Å². The first kappa shape index (κ1) is 11.1. The number of hydrogen-bond donors (Lipinski definition) is 0. The Morgan fingerprint density at radius 2 is 2.12 bits per heavy atom. The zero-order chi connectivity index (χ0) is 11.7. The maximum absolute atomic E-state index is 11.8. The summed E-state index contributed by atoms with van der Waals surface area (Å²) in [5, 5.41) is 4.37. The molecule has 1 aliphatic heterocycles. The van der Waals surface area contributed by atoms with Gasteiger partial charge in [-0.3, -0.25) is 9.48 Å². The molecule has 0 radical (unpaired) electrons. The zero-order valence-corrected chi connectivity index (χ0v) is 10.1. The maximum atomic E-state index is 11.8. The molecule has 0 unspecified atom stereocenters. The van der Waals surface area contributed by atoms with Crippen LogP contribution in [0.1, 0.15) is 16.2 Å². The van der Waals surface area contributed by atoms with Crippen LogP contribution in [0.5, 0.6) is 0 Å². The summed E-state index contributed by atoms with van der Waals surface area (Å²) >= 11 is 0. The van der Waals surface area contributed by atoms with Crippen LogP contribution in [0.3, 0.4) is 0 Å². The Morgan fingerprint density at radius 3 is 2.81 bits per heavy atom. The lowest BCUT2D eigenvalue weighted by Gasteiger charge is -2.11. The highest BCUT2D eigenvalue weighted by atomic mass is 16.2. The van der Waals surface area contributed by atoms with Gasteiger partial charge in [-0.15, -0.1) is 0 Å². The van der Waals surface area contributed by atoms with Gasteiger partial charge in [-0.25, -0.2) is 0 Å². The highest BCUT2D eigenvalue weighted by molar-refractivity contribution is 5.92. The number of fused-ring (bicyclic) bond motifs is 1. The fourth-order valence-corrected chi connectivity index (χ4v) is 1.87. The monoisotopic (exact) mass is 222 g/mol. The van der Waals surface area contributed by atoms with E-state index in [4.69, 9.17) is 0 Å². The first-order valence-corrected chi connectivity index (χ1v) is 5.55. The van der Waals surface area contributed by atoms with E-state index < -0.39 is 0 Å². The molecule has 0 saturated carbocycles. The Balaban J connectivity index is 2.22. The third-order valence-electron chi connectivity index (χ3n) is 2.93. The summed E-state index contributed by atoms with van der Waals surface area (Å²) in [4.78, 5) is 15.6. The Bertz CT molecular complexity index is 371. The highest BCUT2D eigenvalue weighted by Crippen LogP contribution is 2.10. The van der Waals surface area contributed by atoms with E-state index in [1.807, 2.05) is 10.7 Å². The molecule has 1 aromatic heterocycles. The number of nitrogens with zero attached hydrogens (tertiary/aromatic N) is 4. The van der Waals surface area contributed by atoms with Gasteiger partial charge >= 0.3 is 0 Å². The van der Waals surface area contributed by atoms with Crippen LogP contribution in [0, 0.1) is 0 Å². The van der Waals surface area contributed by atoms with Gasteiger partial charge in [0.25, 0.3) is 5.91 Å². The minimum absolute atomic E-state index is 0.0195. The van der Waals surface area contributed by atoms with Gasteiger partial charge in [0.1, 0.15) is 0 Å². The molecule has 2 heterocycles. The van der Waals surface area contributed by atoms with Crippen molar-refractivity contribution in [3.8, 4) is 0 Å². The molecule has 2 rings (SSSR count). The van der Waals surface area contributed by atoms with Crippen molar-refractivity contribution in [3.05, 3.63) is 17.5 Å². The van der Waals surface area contributed by atoms with Crippen LogP contribution in [-0.2, 0) is 13.0 Å². The second kappa shape index (κ2) is 4.25. The van der Waals surface area contributed by atoms with Gasteiger partial charge in [0.2, 0.25) is 0 Å². The summed E-state index contributed by atoms with van der Waals surface area (Å²) in [6.07, 6.45) is 0.963. The lowest BCUT2D eigenvalue weighted by atomic mass is 10.2. The third-order valence-corrected chi connectivity index (χ3v) is 2.93. The number of aromatic nitrogens is 2. The molecule has 88 valence electrons. The molecular formula is C11H18N4O. The van der Waals surface area contributed by atoms with E-state index in [0.717, 1.165) is 31.7 Å². The number of carbonyl (C=O) groups excluding carboxylic acids is 1. The fraction of sp³-hybridized carbons (Fsp3) is 0.636. The molecule has 0 aromatic carbocycles. The van der Waals surface area contributed by atoms with Crippen LogP contribution in [0.4, 0.5) is 0 Å². The Morgan fingerprint density at radius 1 is 1.38 bits per heavy atom. The predicted molar refractivity (Wildman–Crippen MR) is 61.4 cm³/mol. The molecule has 0 saturated heterocycles. The molecule has 1 amide bonds. The Hall–Kier alpha value is -1.36.